The van der Waals surface area contributed by atoms with E-state index in [9.17, 15) is 4.21 Å². The maximum absolute atomic E-state index is 12.3. The van der Waals surface area contributed by atoms with Crippen molar-refractivity contribution in [2.75, 3.05) is 0 Å². The van der Waals surface area contributed by atoms with E-state index in [1.165, 1.54) is 5.56 Å². The molecule has 1 aliphatic rings. The molecule has 3 rings (SSSR count). The van der Waals surface area contributed by atoms with E-state index in [2.05, 4.69) is 0 Å². The molecule has 0 N–H and O–H groups in total. The Hall–Kier alpha value is -1.38. The van der Waals surface area contributed by atoms with Gasteiger partial charge in [-0.3, -0.25) is 0 Å². The minimum absolute atomic E-state index is 0.435. The monoisotopic (exact) mass is 288 g/mol. The second-order valence-corrected chi connectivity index (χ2v) is 6.77. The summed E-state index contributed by atoms with van der Waals surface area (Å²) in [5, 5.41) is 0. The van der Waals surface area contributed by atoms with Crippen LogP contribution in [0.1, 0.15) is 22.3 Å². The lowest BCUT2D eigenvalue weighted by Gasteiger charge is -2.06. The van der Waals surface area contributed by atoms with Gasteiger partial charge >= 0.3 is 0 Å². The molecule has 96 valence electrons. The van der Waals surface area contributed by atoms with E-state index in [1.807, 2.05) is 56.3 Å². The molecule has 1 unspecified atom stereocenters. The van der Waals surface area contributed by atoms with Gasteiger partial charge in [-0.05, 0) is 31.0 Å². The van der Waals surface area contributed by atoms with Gasteiger partial charge in [-0.2, -0.15) is 0 Å². The van der Waals surface area contributed by atoms with Crippen molar-refractivity contribution in [3.63, 3.8) is 0 Å². The Bertz CT molecular complexity index is 714. The summed E-state index contributed by atoms with van der Waals surface area (Å²) in [5.41, 5.74) is 5.20. The van der Waals surface area contributed by atoms with Crippen LogP contribution in [0.4, 0.5) is 0 Å². The Morgan fingerprint density at radius 3 is 2.26 bits per heavy atom. The molecule has 1 aliphatic heterocycles. The number of aryl methyl sites for hydroxylation is 2. The average Bonchev–Trinajstić information content (AvgIpc) is 2.64. The Morgan fingerprint density at radius 1 is 0.947 bits per heavy atom. The molecule has 0 fully saturated rings. The van der Waals surface area contributed by atoms with Crippen LogP contribution in [0.15, 0.2) is 51.7 Å². The smallest absolute Gasteiger partial charge is 0.118 e. The van der Waals surface area contributed by atoms with Gasteiger partial charge in [0, 0.05) is 11.1 Å². The maximum atomic E-state index is 12.3. The molecular weight excluding hydrogens is 276 g/mol. The van der Waals surface area contributed by atoms with Gasteiger partial charge in [0.1, 0.15) is 4.36 Å². The maximum Gasteiger partial charge on any atom is 0.118 e. The lowest BCUT2D eigenvalue weighted by molar-refractivity contribution is 0.688. The molecule has 2 aromatic rings. The summed E-state index contributed by atoms with van der Waals surface area (Å²) in [6, 6.07) is 14.1. The predicted octanol–water partition coefficient (Wildman–Crippen LogP) is 4.38. The van der Waals surface area contributed by atoms with Crippen LogP contribution >= 0.6 is 11.6 Å². The third kappa shape index (κ3) is 2.05. The fourth-order valence-electron chi connectivity index (χ4n) is 2.27. The first-order chi connectivity index (χ1) is 9.08. The minimum Gasteiger partial charge on any atom is -0.248 e. The van der Waals surface area contributed by atoms with Gasteiger partial charge < -0.3 is 0 Å². The Kier molecular flexibility index (Phi) is 3.08. The van der Waals surface area contributed by atoms with Crippen LogP contribution in [0, 0.1) is 13.8 Å². The first kappa shape index (κ1) is 12.6. The highest BCUT2D eigenvalue weighted by Gasteiger charge is 2.28. The zero-order valence-electron chi connectivity index (χ0n) is 10.7. The van der Waals surface area contributed by atoms with E-state index in [0.717, 1.165) is 27.2 Å². The number of hydrogen-bond acceptors (Lipinski definition) is 1. The van der Waals surface area contributed by atoms with Gasteiger partial charge in [0.15, 0.2) is 0 Å². The van der Waals surface area contributed by atoms with E-state index >= 15 is 0 Å². The van der Waals surface area contributed by atoms with Crippen LogP contribution in [0.2, 0.25) is 0 Å². The molecule has 0 aromatic heterocycles. The molecule has 1 heterocycles. The van der Waals surface area contributed by atoms with Gasteiger partial charge in [-0.1, -0.05) is 53.6 Å². The zero-order chi connectivity index (χ0) is 13.6. The van der Waals surface area contributed by atoms with Gasteiger partial charge in [-0.15, -0.1) is 0 Å². The van der Waals surface area contributed by atoms with Gasteiger partial charge in [0.25, 0.3) is 0 Å². The normalized spacial score (nSPS) is 17.7. The topological polar surface area (TPSA) is 17.1 Å². The third-order valence-electron chi connectivity index (χ3n) is 3.31. The van der Waals surface area contributed by atoms with Crippen LogP contribution in [0.3, 0.4) is 0 Å². The first-order valence-corrected chi connectivity index (χ1v) is 7.60. The highest BCUT2D eigenvalue weighted by Crippen LogP contribution is 2.42. The Balaban J connectivity index is 2.22. The lowest BCUT2D eigenvalue weighted by atomic mass is 9.98. The number of fused-ring (bicyclic) bond motifs is 1. The summed E-state index contributed by atoms with van der Waals surface area (Å²) in [4.78, 5) is 0.820. The van der Waals surface area contributed by atoms with Gasteiger partial charge in [0.05, 0.1) is 15.7 Å². The highest BCUT2D eigenvalue weighted by molar-refractivity contribution is 7.91. The summed E-state index contributed by atoms with van der Waals surface area (Å²) in [6.45, 7) is 4.04. The van der Waals surface area contributed by atoms with Crippen LogP contribution in [-0.2, 0) is 10.8 Å². The SMILES string of the molecule is Cc1ccc(C2=C(Cl)S(=O)c3cc(C)ccc32)cc1. The van der Waals surface area contributed by atoms with Crippen molar-refractivity contribution >= 4 is 28.0 Å². The standard InChI is InChI=1S/C16H13ClOS/c1-10-3-6-12(7-4-10)15-13-8-5-11(2)9-14(13)19(18)16(15)17/h3-9H,1-2H3. The average molecular weight is 289 g/mol. The van der Waals surface area contributed by atoms with E-state index < -0.39 is 10.8 Å². The lowest BCUT2D eigenvalue weighted by Crippen LogP contribution is -1.88. The van der Waals surface area contributed by atoms with Crippen molar-refractivity contribution in [3.8, 4) is 0 Å². The number of rotatable bonds is 1. The molecule has 0 amide bonds. The van der Waals surface area contributed by atoms with Crippen molar-refractivity contribution in [1.29, 1.82) is 0 Å². The zero-order valence-corrected chi connectivity index (χ0v) is 12.3. The van der Waals surface area contributed by atoms with Crippen LogP contribution in [0.25, 0.3) is 5.57 Å². The van der Waals surface area contributed by atoms with Crippen molar-refractivity contribution < 1.29 is 4.21 Å². The quantitative estimate of drug-likeness (QED) is 0.761. The molecule has 0 saturated heterocycles. The van der Waals surface area contributed by atoms with Crippen molar-refractivity contribution in [2.24, 2.45) is 0 Å². The largest absolute Gasteiger partial charge is 0.248 e. The molecule has 0 aliphatic carbocycles. The van der Waals surface area contributed by atoms with E-state index in [1.54, 1.807) is 0 Å². The molecule has 19 heavy (non-hydrogen) atoms. The molecule has 3 heteroatoms. The van der Waals surface area contributed by atoms with Crippen LogP contribution in [0.5, 0.6) is 0 Å². The summed E-state index contributed by atoms with van der Waals surface area (Å²) in [5.74, 6) is 0. The van der Waals surface area contributed by atoms with Crippen molar-refractivity contribution in [1.82, 2.24) is 0 Å². The summed E-state index contributed by atoms with van der Waals surface area (Å²) in [7, 11) is -1.24. The third-order valence-corrected chi connectivity index (χ3v) is 5.18. The molecule has 2 aromatic carbocycles. The second kappa shape index (κ2) is 4.62. The van der Waals surface area contributed by atoms with Crippen molar-refractivity contribution in [2.45, 2.75) is 18.7 Å². The molecule has 1 nitrogen and oxygen atoms in total. The van der Waals surface area contributed by atoms with Crippen molar-refractivity contribution in [3.05, 3.63) is 69.1 Å². The second-order valence-electron chi connectivity index (χ2n) is 4.78. The van der Waals surface area contributed by atoms with Gasteiger partial charge in [0.2, 0.25) is 0 Å². The fourth-order valence-corrected chi connectivity index (χ4v) is 4.00. The molecule has 0 bridgehead atoms. The molecule has 0 spiro atoms. The molecule has 0 radical (unpaired) electrons. The number of benzene rings is 2. The molecule has 1 atom stereocenters. The summed E-state index contributed by atoms with van der Waals surface area (Å²) in [6.07, 6.45) is 0. The predicted molar refractivity (Wildman–Crippen MR) is 80.6 cm³/mol. The molecule has 0 saturated carbocycles. The summed E-state index contributed by atoms with van der Waals surface area (Å²) >= 11 is 6.30. The molecular formula is C16H13ClOS. The first-order valence-electron chi connectivity index (χ1n) is 6.07. The van der Waals surface area contributed by atoms with E-state index in [4.69, 9.17) is 11.6 Å². The van der Waals surface area contributed by atoms with Crippen LogP contribution in [-0.4, -0.2) is 4.21 Å². The minimum atomic E-state index is -1.24. The van der Waals surface area contributed by atoms with E-state index in [0.29, 0.717) is 4.36 Å². The highest BCUT2D eigenvalue weighted by atomic mass is 35.5. The number of halogens is 1. The van der Waals surface area contributed by atoms with Crippen LogP contribution < -0.4 is 0 Å². The van der Waals surface area contributed by atoms with Gasteiger partial charge in [-0.25, -0.2) is 4.21 Å². The fraction of sp³-hybridized carbons (Fsp3) is 0.125. The number of hydrogen-bond donors (Lipinski definition) is 0. The Labute approximate surface area is 120 Å². The Morgan fingerprint density at radius 2 is 1.58 bits per heavy atom. The summed E-state index contributed by atoms with van der Waals surface area (Å²) < 4.78 is 12.8. The van der Waals surface area contributed by atoms with E-state index in [-0.39, 0.29) is 0 Å².